The number of hydrogen-bond acceptors (Lipinski definition) is 6. The lowest BCUT2D eigenvalue weighted by atomic mass is 10.00. The lowest BCUT2D eigenvalue weighted by molar-refractivity contribution is -0.133. The number of guanidine groups is 1. The van der Waals surface area contributed by atoms with E-state index in [0.717, 1.165) is 20.4 Å². The molecule has 0 radical (unpaired) electrons. The predicted octanol–water partition coefficient (Wildman–Crippen LogP) is 1.22. The quantitative estimate of drug-likeness (QED) is 0.156. The summed E-state index contributed by atoms with van der Waals surface area (Å²) in [6.45, 7) is 6.21. The fraction of sp³-hybridized carbons (Fsp3) is 0.467. The average Bonchev–Trinajstić information content (AvgIpc) is 2.94. The Morgan fingerprint density at radius 3 is 2.50 bits per heavy atom. The van der Waals surface area contributed by atoms with Gasteiger partial charge in [-0.3, -0.25) is 24.7 Å². The number of amides is 3. The van der Waals surface area contributed by atoms with Gasteiger partial charge in [0, 0.05) is 16.2 Å². The molecule has 8 N–H and O–H groups in total. The topological polar surface area (TPSA) is 173 Å². The fourth-order valence-corrected chi connectivity index (χ4v) is 5.25. The van der Waals surface area contributed by atoms with Gasteiger partial charge in [0.2, 0.25) is 17.7 Å². The maximum atomic E-state index is 13.7. The number of halogens is 1. The first-order chi connectivity index (χ1) is 20.0. The molecular formula is C30H42IN7O4. The number of benzene rings is 2. The SMILES string of the molecule is CC(C)[C@H]1NC(=O)[C@@H](Cc2cccc(I)c2)N[C@H](C)COc2ccccc2CCCNC(=O)[C@H](CN=C(N)N)NC1=O. The number of nitrogens with zero attached hydrogens (tertiary/aromatic N) is 1. The van der Waals surface area contributed by atoms with Gasteiger partial charge in [-0.15, -0.1) is 0 Å². The third-order valence-corrected chi connectivity index (χ3v) is 7.52. The molecule has 0 unspecified atom stereocenters. The summed E-state index contributed by atoms with van der Waals surface area (Å²) in [6.07, 6.45) is 1.74. The molecule has 1 heterocycles. The zero-order chi connectivity index (χ0) is 30.6. The maximum absolute atomic E-state index is 13.7. The van der Waals surface area contributed by atoms with Crippen molar-refractivity contribution in [2.24, 2.45) is 22.4 Å². The van der Waals surface area contributed by atoms with Crippen molar-refractivity contribution >= 4 is 46.3 Å². The van der Waals surface area contributed by atoms with E-state index in [1.165, 1.54) is 0 Å². The van der Waals surface area contributed by atoms with Crippen molar-refractivity contribution < 1.29 is 19.1 Å². The van der Waals surface area contributed by atoms with E-state index in [1.807, 2.05) is 69.3 Å². The van der Waals surface area contributed by atoms with E-state index in [2.05, 4.69) is 48.9 Å². The van der Waals surface area contributed by atoms with Crippen LogP contribution in [0.3, 0.4) is 0 Å². The summed E-state index contributed by atoms with van der Waals surface area (Å²) in [5, 5.41) is 11.9. The Kier molecular flexibility index (Phi) is 12.9. The van der Waals surface area contributed by atoms with Crippen LogP contribution in [0.15, 0.2) is 53.5 Å². The number of nitrogens with one attached hydrogen (secondary N) is 4. The van der Waals surface area contributed by atoms with Crippen LogP contribution >= 0.6 is 22.6 Å². The van der Waals surface area contributed by atoms with E-state index >= 15 is 0 Å². The third-order valence-electron chi connectivity index (χ3n) is 6.85. The van der Waals surface area contributed by atoms with E-state index < -0.39 is 29.9 Å². The molecule has 0 saturated carbocycles. The molecule has 0 aliphatic carbocycles. The minimum absolute atomic E-state index is 0.135. The van der Waals surface area contributed by atoms with Gasteiger partial charge < -0.3 is 32.2 Å². The summed E-state index contributed by atoms with van der Waals surface area (Å²) in [4.78, 5) is 44.2. The molecule has 12 heteroatoms. The zero-order valence-corrected chi connectivity index (χ0v) is 26.5. The van der Waals surface area contributed by atoms with Crippen molar-refractivity contribution in [3.8, 4) is 5.75 Å². The van der Waals surface area contributed by atoms with Crippen LogP contribution in [0.5, 0.6) is 5.75 Å². The van der Waals surface area contributed by atoms with Crippen molar-refractivity contribution in [2.45, 2.75) is 64.2 Å². The molecule has 11 nitrogen and oxygen atoms in total. The molecule has 2 aromatic rings. The lowest BCUT2D eigenvalue weighted by Crippen LogP contribution is -2.59. The van der Waals surface area contributed by atoms with E-state index in [4.69, 9.17) is 16.2 Å². The van der Waals surface area contributed by atoms with Gasteiger partial charge >= 0.3 is 0 Å². The van der Waals surface area contributed by atoms with Crippen LogP contribution in [0.2, 0.25) is 0 Å². The Morgan fingerprint density at radius 1 is 1.02 bits per heavy atom. The van der Waals surface area contributed by atoms with Gasteiger partial charge in [0.05, 0.1) is 12.6 Å². The molecule has 2 aromatic carbocycles. The Balaban J connectivity index is 1.92. The number of rotatable bonds is 5. The molecule has 0 bridgehead atoms. The number of nitrogens with two attached hydrogens (primary N) is 2. The monoisotopic (exact) mass is 691 g/mol. The summed E-state index contributed by atoms with van der Waals surface area (Å²) in [6, 6.07) is 13.0. The molecule has 4 atom stereocenters. The van der Waals surface area contributed by atoms with E-state index in [1.54, 1.807) is 0 Å². The first-order valence-electron chi connectivity index (χ1n) is 14.2. The van der Waals surface area contributed by atoms with Crippen molar-refractivity contribution in [2.75, 3.05) is 19.7 Å². The van der Waals surface area contributed by atoms with E-state index in [0.29, 0.717) is 32.4 Å². The van der Waals surface area contributed by atoms with Gasteiger partial charge in [0.1, 0.15) is 24.4 Å². The molecule has 0 aromatic heterocycles. The highest BCUT2D eigenvalue weighted by Crippen LogP contribution is 2.20. The average molecular weight is 692 g/mol. The highest BCUT2D eigenvalue weighted by atomic mass is 127. The number of aryl methyl sites for hydroxylation is 1. The fourth-order valence-electron chi connectivity index (χ4n) is 4.64. The Morgan fingerprint density at radius 2 is 1.79 bits per heavy atom. The van der Waals surface area contributed by atoms with Gasteiger partial charge in [-0.2, -0.15) is 0 Å². The second-order valence-corrected chi connectivity index (χ2v) is 12.1. The summed E-state index contributed by atoms with van der Waals surface area (Å²) in [5.41, 5.74) is 13.0. The second-order valence-electron chi connectivity index (χ2n) is 10.8. The zero-order valence-electron chi connectivity index (χ0n) is 24.4. The number of fused-ring (bicyclic) bond motifs is 1. The molecular weight excluding hydrogens is 649 g/mol. The standard InChI is InChI=1S/C30H42IN7O4/c1-18(2)26-29(41)37-24(16-35-30(32)33)27(39)34-13-7-10-21-9-4-5-12-25(21)42-17-19(3)36-23(28(40)38-26)15-20-8-6-11-22(31)14-20/h4-6,8-9,11-12,14,18-19,23-24,26,36H,7,10,13,15-17H2,1-3H3,(H,34,39)(H,37,41)(H,38,40)(H4,32,33,35)/t19-,23-,24+,26-/m1/s1. The summed E-state index contributed by atoms with van der Waals surface area (Å²) < 4.78 is 7.24. The molecule has 42 heavy (non-hydrogen) atoms. The molecule has 1 aliphatic heterocycles. The van der Waals surface area contributed by atoms with Crippen LogP contribution in [-0.4, -0.2) is 67.5 Å². The predicted molar refractivity (Wildman–Crippen MR) is 172 cm³/mol. The Bertz CT molecular complexity index is 1250. The minimum Gasteiger partial charge on any atom is -0.492 e. The van der Waals surface area contributed by atoms with Gasteiger partial charge in [-0.25, -0.2) is 0 Å². The molecule has 1 aliphatic rings. The van der Waals surface area contributed by atoms with Gasteiger partial charge in [-0.05, 0) is 84.0 Å². The van der Waals surface area contributed by atoms with Gasteiger partial charge in [0.15, 0.2) is 5.96 Å². The van der Waals surface area contributed by atoms with Crippen LogP contribution in [0.25, 0.3) is 0 Å². The van der Waals surface area contributed by atoms with Crippen LogP contribution in [0, 0.1) is 9.49 Å². The second kappa shape index (κ2) is 16.3. The Labute approximate surface area is 261 Å². The first-order valence-corrected chi connectivity index (χ1v) is 15.3. The highest BCUT2D eigenvalue weighted by Gasteiger charge is 2.31. The Hall–Kier alpha value is -3.39. The van der Waals surface area contributed by atoms with Crippen LogP contribution in [0.4, 0.5) is 0 Å². The first kappa shape index (κ1) is 33.1. The molecule has 0 saturated heterocycles. The molecule has 3 amide bonds. The smallest absolute Gasteiger partial charge is 0.244 e. The molecule has 0 spiro atoms. The van der Waals surface area contributed by atoms with E-state index in [-0.39, 0.29) is 30.4 Å². The largest absolute Gasteiger partial charge is 0.492 e. The number of carbonyl (C=O) groups is 3. The van der Waals surface area contributed by atoms with Crippen LogP contribution in [-0.2, 0) is 27.2 Å². The van der Waals surface area contributed by atoms with E-state index in [9.17, 15) is 14.4 Å². The summed E-state index contributed by atoms with van der Waals surface area (Å²) >= 11 is 2.24. The number of aliphatic imine (C=N–C) groups is 1. The minimum atomic E-state index is -1.02. The van der Waals surface area contributed by atoms with Crippen molar-refractivity contribution in [1.29, 1.82) is 0 Å². The van der Waals surface area contributed by atoms with Crippen LogP contribution in [0.1, 0.15) is 38.3 Å². The van der Waals surface area contributed by atoms with Crippen molar-refractivity contribution in [1.82, 2.24) is 21.3 Å². The molecule has 3 rings (SSSR count). The van der Waals surface area contributed by atoms with Crippen molar-refractivity contribution in [3.05, 3.63) is 63.2 Å². The number of para-hydroxylation sites is 1. The number of carbonyl (C=O) groups excluding carboxylic acids is 3. The maximum Gasteiger partial charge on any atom is 0.244 e. The highest BCUT2D eigenvalue weighted by molar-refractivity contribution is 14.1. The number of ether oxygens (including phenoxy) is 1. The summed E-state index contributed by atoms with van der Waals surface area (Å²) in [5.74, 6) is -0.942. The van der Waals surface area contributed by atoms with Gasteiger partial charge in [0.25, 0.3) is 0 Å². The molecule has 0 fully saturated rings. The lowest BCUT2D eigenvalue weighted by Gasteiger charge is -2.28. The van der Waals surface area contributed by atoms with Crippen molar-refractivity contribution in [3.63, 3.8) is 0 Å². The summed E-state index contributed by atoms with van der Waals surface area (Å²) in [7, 11) is 0. The molecule has 228 valence electrons. The normalized spacial score (nSPS) is 22.8. The third kappa shape index (κ3) is 10.5. The van der Waals surface area contributed by atoms with Gasteiger partial charge in [-0.1, -0.05) is 44.2 Å². The number of hydrogen-bond donors (Lipinski definition) is 6. The van der Waals surface area contributed by atoms with Crippen LogP contribution < -0.4 is 37.5 Å².